The molecule has 0 aliphatic carbocycles. The number of benzene rings is 2. The highest BCUT2D eigenvalue weighted by Gasteiger charge is 2.40. The largest absolute Gasteiger partial charge is 0.416 e. The first kappa shape index (κ1) is 26.3. The molecular formula is C25H27F6NO2S. The highest BCUT2D eigenvalue weighted by Crippen LogP contribution is 2.42. The van der Waals surface area contributed by atoms with E-state index >= 15 is 0 Å². The number of alkyl halides is 6. The highest BCUT2D eigenvalue weighted by atomic mass is 32.2. The van der Waals surface area contributed by atoms with Gasteiger partial charge in [-0.05, 0) is 55.0 Å². The number of hydrogen-bond acceptors (Lipinski definition) is 4. The molecule has 0 amide bonds. The molecular weight excluding hydrogens is 492 g/mol. The molecule has 4 atom stereocenters. The predicted octanol–water partition coefficient (Wildman–Crippen LogP) is 7.30. The van der Waals surface area contributed by atoms with Crippen molar-refractivity contribution in [3.05, 3.63) is 70.8 Å². The van der Waals surface area contributed by atoms with Crippen molar-refractivity contribution in [1.29, 1.82) is 0 Å². The lowest BCUT2D eigenvalue weighted by atomic mass is 9.81. The smallest absolute Gasteiger partial charge is 0.352 e. The Morgan fingerprint density at radius 3 is 2.26 bits per heavy atom. The molecule has 4 rings (SSSR count). The predicted molar refractivity (Wildman–Crippen MR) is 122 cm³/mol. The van der Waals surface area contributed by atoms with Gasteiger partial charge in [-0.2, -0.15) is 26.3 Å². The summed E-state index contributed by atoms with van der Waals surface area (Å²) in [5.41, 5.74) is -1.94. The lowest BCUT2D eigenvalue weighted by Crippen LogP contribution is -2.41. The van der Waals surface area contributed by atoms with Crippen molar-refractivity contribution in [3.8, 4) is 0 Å². The Balaban J connectivity index is 1.62. The second-order valence-electron chi connectivity index (χ2n) is 8.92. The van der Waals surface area contributed by atoms with E-state index in [9.17, 15) is 26.3 Å². The van der Waals surface area contributed by atoms with Crippen LogP contribution in [0.15, 0.2) is 48.5 Å². The Labute approximate surface area is 204 Å². The Kier molecular flexibility index (Phi) is 8.05. The molecule has 2 saturated heterocycles. The van der Waals surface area contributed by atoms with E-state index in [1.54, 1.807) is 11.9 Å². The summed E-state index contributed by atoms with van der Waals surface area (Å²) in [4.78, 5) is 0. The fraction of sp³-hybridized carbons (Fsp3) is 0.520. The van der Waals surface area contributed by atoms with Crippen molar-refractivity contribution in [2.75, 3.05) is 25.4 Å². The van der Waals surface area contributed by atoms with Gasteiger partial charge in [-0.3, -0.25) is 4.31 Å². The Bertz CT molecular complexity index is 946. The number of hydrogen-bond donors (Lipinski definition) is 0. The van der Waals surface area contributed by atoms with Gasteiger partial charge in [-0.25, -0.2) is 0 Å². The normalized spacial score (nSPS) is 25.1. The van der Waals surface area contributed by atoms with Crippen molar-refractivity contribution >= 4 is 11.9 Å². The van der Waals surface area contributed by atoms with Crippen LogP contribution in [-0.4, -0.2) is 36.0 Å². The Morgan fingerprint density at radius 1 is 1.03 bits per heavy atom. The van der Waals surface area contributed by atoms with Crippen LogP contribution in [0.1, 0.15) is 54.0 Å². The van der Waals surface area contributed by atoms with Gasteiger partial charge >= 0.3 is 12.4 Å². The molecule has 35 heavy (non-hydrogen) atoms. The van der Waals surface area contributed by atoms with Gasteiger partial charge in [0.05, 0.1) is 23.8 Å². The molecule has 2 aromatic rings. The third-order valence-electron chi connectivity index (χ3n) is 6.44. The molecule has 192 valence electrons. The second-order valence-corrected chi connectivity index (χ2v) is 10.1. The van der Waals surface area contributed by atoms with Crippen LogP contribution in [0.5, 0.6) is 0 Å². The Hall–Kier alpha value is -1.75. The summed E-state index contributed by atoms with van der Waals surface area (Å²) in [6.07, 6.45) is -9.79. The summed E-state index contributed by atoms with van der Waals surface area (Å²) in [5.74, 6) is 1.02. The van der Waals surface area contributed by atoms with Crippen molar-refractivity contribution in [2.45, 2.75) is 50.4 Å². The molecule has 3 nitrogen and oxygen atoms in total. The van der Waals surface area contributed by atoms with E-state index < -0.39 is 35.9 Å². The molecule has 0 radical (unpaired) electrons. The fourth-order valence-corrected chi connectivity index (χ4v) is 5.74. The van der Waals surface area contributed by atoms with Crippen LogP contribution in [0.4, 0.5) is 26.3 Å². The zero-order chi connectivity index (χ0) is 25.2. The van der Waals surface area contributed by atoms with Crippen LogP contribution in [0, 0.1) is 5.92 Å². The second kappa shape index (κ2) is 10.7. The van der Waals surface area contributed by atoms with Gasteiger partial charge in [0.2, 0.25) is 0 Å². The zero-order valence-corrected chi connectivity index (χ0v) is 19.9. The lowest BCUT2D eigenvalue weighted by molar-refractivity contribution is -0.209. The van der Waals surface area contributed by atoms with Crippen molar-refractivity contribution in [2.24, 2.45) is 5.92 Å². The van der Waals surface area contributed by atoms with Crippen LogP contribution < -0.4 is 0 Å². The van der Waals surface area contributed by atoms with Gasteiger partial charge in [0.15, 0.2) is 6.29 Å². The molecule has 2 aliphatic heterocycles. The van der Waals surface area contributed by atoms with E-state index in [1.165, 1.54) is 6.92 Å². The van der Waals surface area contributed by atoms with Crippen LogP contribution >= 0.6 is 11.9 Å². The van der Waals surface area contributed by atoms with E-state index in [2.05, 4.69) is 4.31 Å². The average molecular weight is 520 g/mol. The Morgan fingerprint density at radius 2 is 1.69 bits per heavy atom. The number of rotatable bonds is 6. The van der Waals surface area contributed by atoms with Crippen molar-refractivity contribution in [1.82, 2.24) is 4.31 Å². The minimum atomic E-state index is -4.91. The molecule has 2 fully saturated rings. The maximum atomic E-state index is 13.3. The average Bonchev–Trinajstić information content (AvgIpc) is 3.31. The molecule has 0 saturated carbocycles. The molecule has 0 unspecified atom stereocenters. The minimum absolute atomic E-state index is 0.129. The third-order valence-corrected chi connectivity index (χ3v) is 7.61. The molecule has 10 heteroatoms. The van der Waals surface area contributed by atoms with Gasteiger partial charge in [-0.1, -0.05) is 42.3 Å². The monoisotopic (exact) mass is 519 g/mol. The van der Waals surface area contributed by atoms with Crippen LogP contribution in [0.2, 0.25) is 0 Å². The maximum Gasteiger partial charge on any atom is 0.416 e. The topological polar surface area (TPSA) is 21.7 Å². The first-order valence-corrected chi connectivity index (χ1v) is 12.5. The molecule has 0 bridgehead atoms. The van der Waals surface area contributed by atoms with Gasteiger partial charge in [0.25, 0.3) is 0 Å². The van der Waals surface area contributed by atoms with Crippen LogP contribution in [0.25, 0.3) is 0 Å². The molecule has 0 spiro atoms. The zero-order valence-electron chi connectivity index (χ0n) is 19.1. The van der Waals surface area contributed by atoms with E-state index in [-0.39, 0.29) is 23.5 Å². The summed E-state index contributed by atoms with van der Waals surface area (Å²) in [5, 5.41) is 0. The number of nitrogens with zero attached hydrogens (tertiary/aromatic N) is 1. The van der Waals surface area contributed by atoms with E-state index in [4.69, 9.17) is 9.47 Å². The highest BCUT2D eigenvalue weighted by molar-refractivity contribution is 7.97. The van der Waals surface area contributed by atoms with Gasteiger partial charge in [0.1, 0.15) is 0 Å². The quantitative estimate of drug-likeness (QED) is 0.295. The molecule has 2 aliphatic rings. The van der Waals surface area contributed by atoms with Gasteiger partial charge in [-0.15, -0.1) is 0 Å². The summed E-state index contributed by atoms with van der Waals surface area (Å²) in [7, 11) is 0. The van der Waals surface area contributed by atoms with E-state index in [0.29, 0.717) is 6.61 Å². The molecule has 0 N–H and O–H groups in total. The summed E-state index contributed by atoms with van der Waals surface area (Å²) < 4.78 is 94.4. The fourth-order valence-electron chi connectivity index (χ4n) is 4.67. The van der Waals surface area contributed by atoms with Crippen molar-refractivity contribution in [3.63, 3.8) is 0 Å². The third kappa shape index (κ3) is 6.53. The van der Waals surface area contributed by atoms with Crippen molar-refractivity contribution < 1.29 is 35.8 Å². The van der Waals surface area contributed by atoms with Gasteiger partial charge < -0.3 is 9.47 Å². The van der Waals surface area contributed by atoms with E-state index in [0.717, 1.165) is 49.4 Å². The lowest BCUT2D eigenvalue weighted by Gasteiger charge is -2.40. The summed E-state index contributed by atoms with van der Waals surface area (Å²) >= 11 is 1.79. The van der Waals surface area contributed by atoms with Crippen LogP contribution in [0.3, 0.4) is 0 Å². The van der Waals surface area contributed by atoms with Crippen LogP contribution in [-0.2, 0) is 21.8 Å². The number of ether oxygens (including phenoxy) is 2. The first-order valence-electron chi connectivity index (χ1n) is 11.5. The number of halogens is 6. The molecule has 2 heterocycles. The maximum absolute atomic E-state index is 13.3. The summed E-state index contributed by atoms with van der Waals surface area (Å²) in [6.45, 7) is 3.65. The standard InChI is InChI=1S/C25H27F6NO2S/c1-16(19-12-20(24(26,27)28)14-21(13-19)25(29,30)31)34-23-22(17-6-3-2-4-7-17)18(8-10-33-23)15-32-9-5-11-35-32/h2-4,6-7,12-14,16,18,22-23H,5,8-11,15H2,1H3/t16-,18+,22+,23-/m1/s1. The SMILES string of the molecule is C[C@@H](O[C@H]1OCC[C@@H](CN2CCCS2)[C@@H]1c1ccccc1)c1cc(C(F)(F)F)cc(C(F)(F)F)c1. The summed E-state index contributed by atoms with van der Waals surface area (Å²) in [6, 6.07) is 11.2. The molecule has 0 aromatic heterocycles. The van der Waals surface area contributed by atoms with E-state index in [1.807, 2.05) is 30.3 Å². The van der Waals surface area contributed by atoms with Gasteiger partial charge in [0, 0.05) is 24.8 Å². The molecule has 2 aromatic carbocycles. The first-order chi connectivity index (χ1) is 16.5. The minimum Gasteiger partial charge on any atom is -0.352 e.